The summed E-state index contributed by atoms with van der Waals surface area (Å²) in [6, 6.07) is 10.1. The third kappa shape index (κ3) is 2.38. The van der Waals surface area contributed by atoms with E-state index in [9.17, 15) is 4.79 Å². The Kier molecular flexibility index (Phi) is 3.32. The Hall–Kier alpha value is -2.05. The summed E-state index contributed by atoms with van der Waals surface area (Å²) < 4.78 is 1.67. The van der Waals surface area contributed by atoms with Crippen LogP contribution in [0.1, 0.15) is 11.4 Å². The van der Waals surface area contributed by atoms with Gasteiger partial charge in [0, 0.05) is 15.4 Å². The van der Waals surface area contributed by atoms with E-state index in [0.29, 0.717) is 10.5 Å². The van der Waals surface area contributed by atoms with Crippen molar-refractivity contribution in [3.63, 3.8) is 0 Å². The zero-order valence-electron chi connectivity index (χ0n) is 12.5. The van der Waals surface area contributed by atoms with Gasteiger partial charge in [0.05, 0.1) is 11.2 Å². The van der Waals surface area contributed by atoms with Crippen LogP contribution in [0.4, 0.5) is 0 Å². The van der Waals surface area contributed by atoms with Gasteiger partial charge in [0.2, 0.25) is 0 Å². The van der Waals surface area contributed by atoms with Crippen molar-refractivity contribution in [2.75, 3.05) is 0 Å². The van der Waals surface area contributed by atoms with Crippen LogP contribution >= 0.6 is 27.3 Å². The molecule has 0 aliphatic carbocycles. The standard InChI is InChI=1S/C17H12BrN3OS/c1-8-7-12(10-3-5-11(18)6-4-10)21-17-13(8)14-15(23-17)16(22)20-9(2)19-14/h3-7H,1-2H3,(H,19,20,22). The number of aryl methyl sites for hydroxylation is 2. The van der Waals surface area contributed by atoms with Crippen LogP contribution in [0.15, 0.2) is 39.6 Å². The Bertz CT molecular complexity index is 1110. The summed E-state index contributed by atoms with van der Waals surface area (Å²) in [6.07, 6.45) is 0. The van der Waals surface area contributed by atoms with Crippen molar-refractivity contribution in [3.8, 4) is 11.3 Å². The molecule has 1 aromatic carbocycles. The summed E-state index contributed by atoms with van der Waals surface area (Å²) in [5.74, 6) is 0.624. The SMILES string of the molecule is Cc1nc2c(sc3nc(-c4ccc(Br)cc4)cc(C)c32)c(=O)[nH]1. The largest absolute Gasteiger partial charge is 0.310 e. The third-order valence-electron chi connectivity index (χ3n) is 3.75. The van der Waals surface area contributed by atoms with Crippen LogP contribution in [0.25, 0.3) is 31.7 Å². The minimum absolute atomic E-state index is 0.0971. The Morgan fingerprint density at radius 2 is 1.87 bits per heavy atom. The number of halogens is 1. The summed E-state index contributed by atoms with van der Waals surface area (Å²) in [5.41, 5.74) is 3.69. The van der Waals surface area contributed by atoms with Gasteiger partial charge in [-0.1, -0.05) is 28.1 Å². The molecule has 0 bridgehead atoms. The highest BCUT2D eigenvalue weighted by atomic mass is 79.9. The minimum Gasteiger partial charge on any atom is -0.310 e. The van der Waals surface area contributed by atoms with Crippen molar-refractivity contribution in [2.45, 2.75) is 13.8 Å². The van der Waals surface area contributed by atoms with Gasteiger partial charge < -0.3 is 4.98 Å². The highest BCUT2D eigenvalue weighted by molar-refractivity contribution is 9.10. The summed E-state index contributed by atoms with van der Waals surface area (Å²) >= 11 is 4.84. The summed E-state index contributed by atoms with van der Waals surface area (Å²) in [4.78, 5) is 25.0. The number of nitrogens with one attached hydrogen (secondary N) is 1. The Morgan fingerprint density at radius 3 is 2.61 bits per heavy atom. The van der Waals surface area contributed by atoms with Gasteiger partial charge in [-0.25, -0.2) is 9.97 Å². The first-order valence-corrected chi connectivity index (χ1v) is 8.70. The molecule has 0 saturated carbocycles. The van der Waals surface area contributed by atoms with E-state index in [0.717, 1.165) is 37.0 Å². The quantitative estimate of drug-likeness (QED) is 0.521. The van der Waals surface area contributed by atoms with Gasteiger partial charge in [0.25, 0.3) is 5.56 Å². The molecule has 4 nitrogen and oxygen atoms in total. The summed E-state index contributed by atoms with van der Waals surface area (Å²) in [6.45, 7) is 3.83. The van der Waals surface area contributed by atoms with E-state index in [1.807, 2.05) is 31.2 Å². The molecule has 114 valence electrons. The van der Waals surface area contributed by atoms with Crippen LogP contribution in [-0.2, 0) is 0 Å². The molecular formula is C17H12BrN3OS. The fourth-order valence-electron chi connectivity index (χ4n) is 2.71. The second-order valence-electron chi connectivity index (χ2n) is 5.44. The molecule has 0 atom stereocenters. The molecule has 0 unspecified atom stereocenters. The van der Waals surface area contributed by atoms with Crippen LogP contribution in [0.2, 0.25) is 0 Å². The number of hydrogen-bond acceptors (Lipinski definition) is 4. The van der Waals surface area contributed by atoms with Crippen molar-refractivity contribution in [2.24, 2.45) is 0 Å². The minimum atomic E-state index is -0.0971. The number of thiophene rings is 1. The van der Waals surface area contributed by atoms with Gasteiger partial charge in [-0.15, -0.1) is 11.3 Å². The van der Waals surface area contributed by atoms with Crippen molar-refractivity contribution in [1.82, 2.24) is 15.0 Å². The van der Waals surface area contributed by atoms with Gasteiger partial charge in [0.1, 0.15) is 15.4 Å². The molecule has 0 fully saturated rings. The zero-order chi connectivity index (χ0) is 16.1. The number of hydrogen-bond donors (Lipinski definition) is 1. The lowest BCUT2D eigenvalue weighted by Gasteiger charge is -2.04. The second kappa shape index (κ2) is 5.25. The first-order chi connectivity index (χ1) is 11.0. The Labute approximate surface area is 144 Å². The molecular weight excluding hydrogens is 374 g/mol. The smallest absolute Gasteiger partial charge is 0.268 e. The van der Waals surface area contributed by atoms with Gasteiger partial charge in [0.15, 0.2) is 0 Å². The number of benzene rings is 1. The molecule has 0 amide bonds. The fraction of sp³-hybridized carbons (Fsp3) is 0.118. The van der Waals surface area contributed by atoms with Crippen LogP contribution in [0.3, 0.4) is 0 Å². The maximum absolute atomic E-state index is 12.2. The van der Waals surface area contributed by atoms with E-state index in [1.54, 1.807) is 6.92 Å². The van der Waals surface area contributed by atoms with Crippen molar-refractivity contribution in [1.29, 1.82) is 0 Å². The number of H-pyrrole nitrogens is 1. The molecule has 1 N–H and O–H groups in total. The normalized spacial score (nSPS) is 11.4. The number of aromatic nitrogens is 3. The first-order valence-electron chi connectivity index (χ1n) is 7.09. The highest BCUT2D eigenvalue weighted by Crippen LogP contribution is 2.34. The molecule has 0 radical (unpaired) electrons. The van der Waals surface area contributed by atoms with Crippen LogP contribution in [0, 0.1) is 13.8 Å². The highest BCUT2D eigenvalue weighted by Gasteiger charge is 2.15. The molecule has 0 aliphatic rings. The van der Waals surface area contributed by atoms with E-state index < -0.39 is 0 Å². The van der Waals surface area contributed by atoms with Gasteiger partial charge in [-0.2, -0.15) is 0 Å². The van der Waals surface area contributed by atoms with E-state index >= 15 is 0 Å². The summed E-state index contributed by atoms with van der Waals surface area (Å²) in [5, 5.41) is 0.972. The molecule has 4 rings (SSSR count). The summed E-state index contributed by atoms with van der Waals surface area (Å²) in [7, 11) is 0. The number of aromatic amines is 1. The Morgan fingerprint density at radius 1 is 1.13 bits per heavy atom. The maximum Gasteiger partial charge on any atom is 0.268 e. The molecule has 4 aromatic rings. The van der Waals surface area contributed by atoms with Gasteiger partial charge >= 0.3 is 0 Å². The van der Waals surface area contributed by atoms with E-state index in [1.165, 1.54) is 11.3 Å². The van der Waals surface area contributed by atoms with E-state index in [-0.39, 0.29) is 5.56 Å². The number of nitrogens with zero attached hydrogens (tertiary/aromatic N) is 2. The third-order valence-corrected chi connectivity index (χ3v) is 5.35. The van der Waals surface area contributed by atoms with Crippen molar-refractivity contribution >= 4 is 47.7 Å². The van der Waals surface area contributed by atoms with Gasteiger partial charge in [-0.3, -0.25) is 4.79 Å². The average Bonchev–Trinajstić information content (AvgIpc) is 2.87. The molecule has 3 aromatic heterocycles. The molecule has 23 heavy (non-hydrogen) atoms. The topological polar surface area (TPSA) is 58.6 Å². The fourth-order valence-corrected chi connectivity index (χ4v) is 4.06. The second-order valence-corrected chi connectivity index (χ2v) is 7.36. The van der Waals surface area contributed by atoms with Crippen LogP contribution in [0.5, 0.6) is 0 Å². The first kappa shape index (κ1) is 14.5. The zero-order valence-corrected chi connectivity index (χ0v) is 14.9. The van der Waals surface area contributed by atoms with E-state index in [2.05, 4.69) is 32.0 Å². The predicted molar refractivity (Wildman–Crippen MR) is 98.2 cm³/mol. The molecule has 6 heteroatoms. The number of fused-ring (bicyclic) bond motifs is 3. The number of rotatable bonds is 1. The lowest BCUT2D eigenvalue weighted by atomic mass is 10.1. The molecule has 3 heterocycles. The molecule has 0 saturated heterocycles. The molecule has 0 spiro atoms. The predicted octanol–water partition coefficient (Wildman–Crippen LogP) is 4.58. The average molecular weight is 386 g/mol. The lowest BCUT2D eigenvalue weighted by molar-refractivity contribution is 1.07. The Balaban J connectivity index is 2.05. The van der Waals surface area contributed by atoms with Crippen molar-refractivity contribution < 1.29 is 0 Å². The van der Waals surface area contributed by atoms with Crippen molar-refractivity contribution in [3.05, 3.63) is 56.5 Å². The van der Waals surface area contributed by atoms with E-state index in [4.69, 9.17) is 4.98 Å². The lowest BCUT2D eigenvalue weighted by Crippen LogP contribution is -2.07. The monoisotopic (exact) mass is 385 g/mol. The maximum atomic E-state index is 12.2. The van der Waals surface area contributed by atoms with Crippen LogP contribution < -0.4 is 5.56 Å². The van der Waals surface area contributed by atoms with Crippen LogP contribution in [-0.4, -0.2) is 15.0 Å². The molecule has 0 aliphatic heterocycles. The number of pyridine rings is 1. The van der Waals surface area contributed by atoms with Gasteiger partial charge in [-0.05, 0) is 37.6 Å².